The molecule has 0 spiro atoms. The summed E-state index contributed by atoms with van der Waals surface area (Å²) in [5.74, 6) is 1.14. The summed E-state index contributed by atoms with van der Waals surface area (Å²) in [6.45, 7) is 4.00. The van der Waals surface area contributed by atoms with Gasteiger partial charge in [-0.2, -0.15) is 0 Å². The number of hydrogen-bond acceptors (Lipinski definition) is 3. The summed E-state index contributed by atoms with van der Waals surface area (Å²) in [6, 6.07) is 18.7. The first-order valence-corrected chi connectivity index (χ1v) is 12.3. The first kappa shape index (κ1) is 25.0. The summed E-state index contributed by atoms with van der Waals surface area (Å²) in [5, 5.41) is 4.32. The average Bonchev–Trinajstić information content (AvgIpc) is 3.21. The van der Waals surface area contributed by atoms with E-state index in [2.05, 4.69) is 47.5 Å². The predicted molar refractivity (Wildman–Crippen MR) is 141 cm³/mol. The van der Waals surface area contributed by atoms with E-state index in [1.165, 1.54) is 43.2 Å². The molecule has 4 rings (SSSR count). The molecule has 0 saturated heterocycles. The van der Waals surface area contributed by atoms with Crippen LogP contribution < -0.4 is 10.2 Å². The number of benzene rings is 2. The van der Waals surface area contributed by atoms with Crippen molar-refractivity contribution in [2.75, 3.05) is 16.8 Å². The van der Waals surface area contributed by atoms with E-state index in [0.717, 1.165) is 54.8 Å². The normalized spacial score (nSPS) is 12.5. The minimum atomic E-state index is 0. The zero-order valence-corrected chi connectivity index (χ0v) is 20.5. The van der Waals surface area contributed by atoms with Gasteiger partial charge in [0.25, 0.3) is 0 Å². The molecule has 0 radical (unpaired) electrons. The van der Waals surface area contributed by atoms with Gasteiger partial charge in [-0.25, -0.2) is 4.98 Å². The van der Waals surface area contributed by atoms with Crippen LogP contribution in [0.25, 0.3) is 10.9 Å². The molecule has 4 nitrogen and oxygen atoms in total. The Bertz CT molecular complexity index is 1040. The Morgan fingerprint density at radius 3 is 2.42 bits per heavy atom. The van der Waals surface area contributed by atoms with Crippen LogP contribution in [0.15, 0.2) is 54.6 Å². The molecule has 176 valence electrons. The molecule has 1 N–H and O–H groups in total. The summed E-state index contributed by atoms with van der Waals surface area (Å²) >= 11 is 0. The minimum Gasteiger partial charge on any atom is -0.352 e. The van der Waals surface area contributed by atoms with Crippen molar-refractivity contribution in [3.63, 3.8) is 0 Å². The molecule has 0 saturated carbocycles. The standard InChI is InChI=1S/C28H35N3O.ClH/c1-2-3-4-5-6-7-11-18-26(32)30-27-23-16-12-13-17-25(23)29-28-24(27)19-20-31(28)21-22-14-9-8-10-15-22;/h8-10,12-17H,2-7,11,18-21H2,1H3,(H,29,30,32);1H. The van der Waals surface area contributed by atoms with Gasteiger partial charge < -0.3 is 10.2 Å². The van der Waals surface area contributed by atoms with E-state index >= 15 is 0 Å². The van der Waals surface area contributed by atoms with E-state index in [9.17, 15) is 4.79 Å². The van der Waals surface area contributed by atoms with E-state index in [0.29, 0.717) is 6.42 Å². The number of pyridine rings is 1. The Morgan fingerprint density at radius 2 is 1.64 bits per heavy atom. The van der Waals surface area contributed by atoms with Crippen molar-refractivity contribution in [2.24, 2.45) is 0 Å². The monoisotopic (exact) mass is 465 g/mol. The van der Waals surface area contributed by atoms with Crippen molar-refractivity contribution in [2.45, 2.75) is 71.3 Å². The first-order valence-electron chi connectivity index (χ1n) is 12.3. The number of carbonyl (C=O) groups is 1. The zero-order chi connectivity index (χ0) is 22.2. The van der Waals surface area contributed by atoms with Gasteiger partial charge in [-0.05, 0) is 24.5 Å². The van der Waals surface area contributed by atoms with Gasteiger partial charge in [0.1, 0.15) is 5.82 Å². The van der Waals surface area contributed by atoms with Crippen LogP contribution in [0.2, 0.25) is 0 Å². The van der Waals surface area contributed by atoms with E-state index in [4.69, 9.17) is 4.98 Å². The Morgan fingerprint density at radius 1 is 0.939 bits per heavy atom. The lowest BCUT2D eigenvalue weighted by Gasteiger charge is -2.20. The molecule has 1 aliphatic heterocycles. The Balaban J connectivity index is 0.00000306. The van der Waals surface area contributed by atoms with Crippen molar-refractivity contribution >= 4 is 40.7 Å². The van der Waals surface area contributed by atoms with Gasteiger partial charge in [0.05, 0.1) is 11.2 Å². The summed E-state index contributed by atoms with van der Waals surface area (Å²) in [7, 11) is 0. The number of carbonyl (C=O) groups excluding carboxylic acids is 1. The molecular formula is C28H36ClN3O. The number of amides is 1. The maximum atomic E-state index is 12.8. The lowest BCUT2D eigenvalue weighted by atomic mass is 10.1. The van der Waals surface area contributed by atoms with Gasteiger partial charge in [0.15, 0.2) is 0 Å². The smallest absolute Gasteiger partial charge is 0.224 e. The summed E-state index contributed by atoms with van der Waals surface area (Å²) in [5.41, 5.74) is 4.36. The maximum Gasteiger partial charge on any atom is 0.224 e. The molecule has 1 aromatic heterocycles. The fourth-order valence-corrected chi connectivity index (χ4v) is 4.63. The van der Waals surface area contributed by atoms with Crippen LogP contribution in [-0.2, 0) is 17.8 Å². The molecule has 0 fully saturated rings. The van der Waals surface area contributed by atoms with Crippen LogP contribution >= 0.6 is 12.4 Å². The van der Waals surface area contributed by atoms with E-state index in [1.807, 2.05) is 24.3 Å². The van der Waals surface area contributed by atoms with E-state index in [-0.39, 0.29) is 18.3 Å². The summed E-state index contributed by atoms with van der Waals surface area (Å²) in [6.07, 6.45) is 10.0. The second kappa shape index (κ2) is 12.6. The fraction of sp³-hybridized carbons (Fsp3) is 0.429. The second-order valence-electron chi connectivity index (χ2n) is 8.88. The van der Waals surface area contributed by atoms with Crippen LogP contribution in [0.3, 0.4) is 0 Å². The minimum absolute atomic E-state index is 0. The largest absolute Gasteiger partial charge is 0.352 e. The van der Waals surface area contributed by atoms with Crippen molar-refractivity contribution in [3.8, 4) is 0 Å². The van der Waals surface area contributed by atoms with Crippen LogP contribution in [0.1, 0.15) is 69.4 Å². The average molecular weight is 466 g/mol. The number of unbranched alkanes of at least 4 members (excludes halogenated alkanes) is 6. The van der Waals surface area contributed by atoms with E-state index < -0.39 is 0 Å². The molecule has 1 aliphatic rings. The number of nitrogens with zero attached hydrogens (tertiary/aromatic N) is 2. The number of para-hydroxylation sites is 1. The molecule has 5 heteroatoms. The molecule has 3 aromatic rings. The van der Waals surface area contributed by atoms with Crippen LogP contribution in [0, 0.1) is 0 Å². The summed E-state index contributed by atoms with van der Waals surface area (Å²) < 4.78 is 0. The Kier molecular flexibility index (Phi) is 9.56. The third-order valence-electron chi connectivity index (χ3n) is 6.39. The zero-order valence-electron chi connectivity index (χ0n) is 19.7. The van der Waals surface area contributed by atoms with E-state index in [1.54, 1.807) is 0 Å². The van der Waals surface area contributed by atoms with Crippen LogP contribution in [0.4, 0.5) is 11.5 Å². The Labute approximate surface area is 204 Å². The highest BCUT2D eigenvalue weighted by Crippen LogP contribution is 2.38. The second-order valence-corrected chi connectivity index (χ2v) is 8.88. The predicted octanol–water partition coefficient (Wildman–Crippen LogP) is 7.30. The lowest BCUT2D eigenvalue weighted by molar-refractivity contribution is -0.116. The SMILES string of the molecule is CCCCCCCCCC(=O)Nc1c2c(nc3ccccc13)N(Cc1ccccc1)CC2.Cl. The number of rotatable bonds is 11. The number of nitrogens with one attached hydrogen (secondary N) is 1. The van der Waals surface area contributed by atoms with Gasteiger partial charge in [-0.15, -0.1) is 12.4 Å². The molecule has 1 amide bonds. The third kappa shape index (κ3) is 6.48. The molecule has 2 aromatic carbocycles. The number of halogens is 1. The molecule has 0 unspecified atom stereocenters. The van der Waals surface area contributed by atoms with Crippen molar-refractivity contribution in [1.82, 2.24) is 4.98 Å². The topological polar surface area (TPSA) is 45.2 Å². The van der Waals surface area contributed by atoms with Gasteiger partial charge in [0.2, 0.25) is 5.91 Å². The quantitative estimate of drug-likeness (QED) is 0.302. The highest BCUT2D eigenvalue weighted by molar-refractivity contribution is 6.04. The molecular weight excluding hydrogens is 430 g/mol. The molecule has 0 aliphatic carbocycles. The molecule has 0 atom stereocenters. The summed E-state index contributed by atoms with van der Waals surface area (Å²) in [4.78, 5) is 20.1. The van der Waals surface area contributed by atoms with Gasteiger partial charge in [-0.1, -0.05) is 94.0 Å². The maximum absolute atomic E-state index is 12.8. The van der Waals surface area contributed by atoms with Crippen LogP contribution in [-0.4, -0.2) is 17.4 Å². The van der Waals surface area contributed by atoms with Crippen molar-refractivity contribution < 1.29 is 4.79 Å². The van der Waals surface area contributed by atoms with Crippen molar-refractivity contribution in [1.29, 1.82) is 0 Å². The number of anilines is 2. The first-order chi connectivity index (χ1) is 15.8. The van der Waals surface area contributed by atoms with Gasteiger partial charge >= 0.3 is 0 Å². The Hall–Kier alpha value is -2.59. The molecule has 33 heavy (non-hydrogen) atoms. The fourth-order valence-electron chi connectivity index (χ4n) is 4.63. The number of fused-ring (bicyclic) bond motifs is 2. The highest BCUT2D eigenvalue weighted by atomic mass is 35.5. The lowest BCUT2D eigenvalue weighted by Crippen LogP contribution is -2.20. The van der Waals surface area contributed by atoms with Gasteiger partial charge in [0, 0.05) is 30.5 Å². The number of aromatic nitrogens is 1. The number of hydrogen-bond donors (Lipinski definition) is 1. The van der Waals surface area contributed by atoms with Crippen molar-refractivity contribution in [3.05, 3.63) is 65.7 Å². The van der Waals surface area contributed by atoms with Crippen LogP contribution in [0.5, 0.6) is 0 Å². The highest BCUT2D eigenvalue weighted by Gasteiger charge is 2.26. The third-order valence-corrected chi connectivity index (χ3v) is 6.39. The van der Waals surface area contributed by atoms with Gasteiger partial charge in [-0.3, -0.25) is 4.79 Å². The molecule has 0 bridgehead atoms. The molecule has 2 heterocycles.